The maximum absolute atomic E-state index is 12.8. The number of para-hydroxylation sites is 2. The van der Waals surface area contributed by atoms with Crippen molar-refractivity contribution < 1.29 is 17.6 Å². The lowest BCUT2D eigenvalue weighted by molar-refractivity contribution is -0.117. The minimum Gasteiger partial charge on any atom is -0.454 e. The van der Waals surface area contributed by atoms with E-state index in [1.54, 1.807) is 10.9 Å². The lowest BCUT2D eigenvalue weighted by Crippen LogP contribution is -2.36. The molecular weight excluding hydrogens is 452 g/mol. The molecule has 0 bridgehead atoms. The molecule has 1 amide bonds. The van der Waals surface area contributed by atoms with Crippen molar-refractivity contribution in [3.05, 3.63) is 78.0 Å². The number of benzene rings is 2. The molecule has 1 N–H and O–H groups in total. The van der Waals surface area contributed by atoms with Gasteiger partial charge in [-0.05, 0) is 36.8 Å². The van der Waals surface area contributed by atoms with Gasteiger partial charge < -0.3 is 9.73 Å². The number of nitriles is 1. The van der Waals surface area contributed by atoms with E-state index in [1.807, 2.05) is 66.7 Å². The highest BCUT2D eigenvalue weighted by atomic mass is 32.2. The van der Waals surface area contributed by atoms with Crippen LogP contribution in [0, 0.1) is 11.3 Å². The van der Waals surface area contributed by atoms with Gasteiger partial charge in [0, 0.05) is 23.2 Å². The van der Waals surface area contributed by atoms with E-state index in [0.29, 0.717) is 29.0 Å². The molecule has 1 aliphatic heterocycles. The van der Waals surface area contributed by atoms with Crippen molar-refractivity contribution >= 4 is 32.8 Å². The second-order valence-corrected chi connectivity index (χ2v) is 10.3. The molecule has 0 radical (unpaired) electrons. The van der Waals surface area contributed by atoms with Crippen LogP contribution in [0.2, 0.25) is 0 Å². The third-order valence-corrected chi connectivity index (χ3v) is 7.42. The van der Waals surface area contributed by atoms with Crippen molar-refractivity contribution in [2.75, 3.05) is 11.5 Å². The Bertz CT molecular complexity index is 1530. The maximum atomic E-state index is 12.8. The first kappa shape index (κ1) is 21.7. The molecule has 170 valence electrons. The Labute approximate surface area is 196 Å². The van der Waals surface area contributed by atoms with Gasteiger partial charge in [0.15, 0.2) is 15.6 Å². The van der Waals surface area contributed by atoms with Crippen molar-refractivity contribution in [2.45, 2.75) is 12.5 Å². The summed E-state index contributed by atoms with van der Waals surface area (Å²) in [7, 11) is -3.16. The summed E-state index contributed by atoms with van der Waals surface area (Å²) in [4.78, 5) is 12.8. The zero-order valence-corrected chi connectivity index (χ0v) is 18.8. The van der Waals surface area contributed by atoms with E-state index in [2.05, 4.69) is 10.4 Å². The van der Waals surface area contributed by atoms with Crippen molar-refractivity contribution in [1.29, 1.82) is 5.26 Å². The molecule has 2 aromatic carbocycles. The number of hydrogen-bond acceptors (Lipinski definition) is 6. The summed E-state index contributed by atoms with van der Waals surface area (Å²) in [6.07, 6.45) is 3.51. The van der Waals surface area contributed by atoms with Crippen LogP contribution in [0.5, 0.6) is 0 Å². The Morgan fingerprint density at radius 3 is 2.65 bits per heavy atom. The number of nitrogens with zero attached hydrogens (tertiary/aromatic N) is 3. The van der Waals surface area contributed by atoms with Gasteiger partial charge in [-0.2, -0.15) is 10.4 Å². The Kier molecular flexibility index (Phi) is 5.51. The molecule has 0 saturated carbocycles. The van der Waals surface area contributed by atoms with Gasteiger partial charge in [0.1, 0.15) is 22.9 Å². The van der Waals surface area contributed by atoms with Gasteiger partial charge in [-0.3, -0.25) is 4.79 Å². The third-order valence-electron chi connectivity index (χ3n) is 5.65. The van der Waals surface area contributed by atoms with E-state index >= 15 is 0 Å². The molecule has 5 rings (SSSR count). The average molecular weight is 473 g/mol. The van der Waals surface area contributed by atoms with Crippen LogP contribution in [0.3, 0.4) is 0 Å². The summed E-state index contributed by atoms with van der Waals surface area (Å²) in [5.74, 6) is -0.202. The van der Waals surface area contributed by atoms with E-state index in [-0.39, 0.29) is 17.1 Å². The van der Waals surface area contributed by atoms with Crippen LogP contribution in [0.1, 0.15) is 12.0 Å². The monoisotopic (exact) mass is 472 g/mol. The first-order valence-corrected chi connectivity index (χ1v) is 12.5. The summed E-state index contributed by atoms with van der Waals surface area (Å²) in [5, 5.41) is 17.9. The second-order valence-electron chi connectivity index (χ2n) is 8.10. The number of carbonyl (C=O) groups is 1. The Morgan fingerprint density at radius 2 is 1.94 bits per heavy atom. The Balaban J connectivity index is 1.54. The predicted molar refractivity (Wildman–Crippen MR) is 128 cm³/mol. The molecule has 1 atom stereocenters. The summed E-state index contributed by atoms with van der Waals surface area (Å²) in [6.45, 7) is 0. The van der Waals surface area contributed by atoms with Gasteiger partial charge >= 0.3 is 0 Å². The lowest BCUT2D eigenvalue weighted by Gasteiger charge is -2.09. The van der Waals surface area contributed by atoms with E-state index in [9.17, 15) is 18.5 Å². The molecule has 1 fully saturated rings. The molecule has 2 aromatic heterocycles. The SMILES string of the molecule is N#C/C(=C/c1cn(-c2ccccc2)nc1-c1cc2ccccc2o1)C(=O)NC1CCS(=O)(=O)C1. The van der Waals surface area contributed by atoms with Crippen LogP contribution in [0.15, 0.2) is 76.9 Å². The fraction of sp³-hybridized carbons (Fsp3) is 0.160. The van der Waals surface area contributed by atoms with E-state index < -0.39 is 21.8 Å². The van der Waals surface area contributed by atoms with Gasteiger partial charge in [0.05, 0.1) is 17.2 Å². The molecule has 8 nitrogen and oxygen atoms in total. The zero-order chi connectivity index (χ0) is 23.7. The van der Waals surface area contributed by atoms with Gasteiger partial charge in [0.2, 0.25) is 0 Å². The summed E-state index contributed by atoms with van der Waals surface area (Å²) in [6, 6.07) is 20.3. The van der Waals surface area contributed by atoms with E-state index in [4.69, 9.17) is 4.42 Å². The van der Waals surface area contributed by atoms with Crippen molar-refractivity contribution in [1.82, 2.24) is 15.1 Å². The number of nitrogens with one attached hydrogen (secondary N) is 1. The molecule has 3 heterocycles. The number of sulfone groups is 1. The lowest BCUT2D eigenvalue weighted by atomic mass is 10.1. The summed E-state index contributed by atoms with van der Waals surface area (Å²) < 4.78 is 31.1. The summed E-state index contributed by atoms with van der Waals surface area (Å²) >= 11 is 0. The Hall–Kier alpha value is -4.16. The quantitative estimate of drug-likeness (QED) is 0.351. The van der Waals surface area contributed by atoms with Gasteiger partial charge in [0.25, 0.3) is 5.91 Å². The van der Waals surface area contributed by atoms with Crippen molar-refractivity contribution in [3.63, 3.8) is 0 Å². The fourth-order valence-corrected chi connectivity index (χ4v) is 5.65. The smallest absolute Gasteiger partial charge is 0.262 e. The van der Waals surface area contributed by atoms with Crippen molar-refractivity contribution in [3.8, 4) is 23.2 Å². The first-order valence-electron chi connectivity index (χ1n) is 10.7. The number of carbonyl (C=O) groups excluding carboxylic acids is 1. The molecule has 1 unspecified atom stereocenters. The standard InChI is InChI=1S/C25H20N4O4S/c26-14-18(25(30)27-20-10-11-34(31,32)16-20)12-19-15-29(21-7-2-1-3-8-21)28-24(19)23-13-17-6-4-5-9-22(17)33-23/h1-9,12-13,15,20H,10-11,16H2,(H,27,30)/b18-12-. The van der Waals surface area contributed by atoms with Crippen LogP contribution in [-0.2, 0) is 14.6 Å². The van der Waals surface area contributed by atoms with Crippen LogP contribution in [0.4, 0.5) is 0 Å². The molecule has 1 aliphatic rings. The molecule has 0 aliphatic carbocycles. The third kappa shape index (κ3) is 4.36. The van der Waals surface area contributed by atoms with Gasteiger partial charge in [-0.25, -0.2) is 13.1 Å². The molecule has 0 spiro atoms. The number of rotatable bonds is 5. The second kappa shape index (κ2) is 8.65. The van der Waals surface area contributed by atoms with Crippen LogP contribution in [0.25, 0.3) is 34.2 Å². The van der Waals surface area contributed by atoms with Crippen LogP contribution >= 0.6 is 0 Å². The van der Waals surface area contributed by atoms with E-state index in [1.165, 1.54) is 6.08 Å². The highest BCUT2D eigenvalue weighted by Gasteiger charge is 2.29. The molecule has 4 aromatic rings. The zero-order valence-electron chi connectivity index (χ0n) is 18.0. The number of fused-ring (bicyclic) bond motifs is 1. The van der Waals surface area contributed by atoms with Crippen LogP contribution in [-0.4, -0.2) is 41.7 Å². The number of amides is 1. The topological polar surface area (TPSA) is 118 Å². The summed E-state index contributed by atoms with van der Waals surface area (Å²) in [5.41, 5.74) is 2.35. The number of aromatic nitrogens is 2. The molecular formula is C25H20N4O4S. The normalized spacial score (nSPS) is 17.5. The average Bonchev–Trinajstić information content (AvgIpc) is 3.53. The molecule has 1 saturated heterocycles. The van der Waals surface area contributed by atoms with E-state index in [0.717, 1.165) is 11.1 Å². The highest BCUT2D eigenvalue weighted by molar-refractivity contribution is 7.91. The minimum absolute atomic E-state index is 0.0313. The first-order chi connectivity index (χ1) is 16.4. The highest BCUT2D eigenvalue weighted by Crippen LogP contribution is 2.31. The number of furan rings is 1. The maximum Gasteiger partial charge on any atom is 0.262 e. The predicted octanol–water partition coefficient (Wildman–Crippen LogP) is 3.50. The fourth-order valence-electron chi connectivity index (χ4n) is 3.97. The van der Waals surface area contributed by atoms with Gasteiger partial charge in [-0.15, -0.1) is 0 Å². The van der Waals surface area contributed by atoms with Crippen molar-refractivity contribution in [2.24, 2.45) is 0 Å². The van der Waals surface area contributed by atoms with Gasteiger partial charge in [-0.1, -0.05) is 36.4 Å². The van der Waals surface area contributed by atoms with Crippen LogP contribution < -0.4 is 5.32 Å². The largest absolute Gasteiger partial charge is 0.454 e. The number of hydrogen-bond donors (Lipinski definition) is 1. The minimum atomic E-state index is -3.16. The molecule has 9 heteroatoms. The Morgan fingerprint density at radius 1 is 1.18 bits per heavy atom. The molecule has 34 heavy (non-hydrogen) atoms.